The molecule has 2 bridgehead atoms. The third-order valence-corrected chi connectivity index (χ3v) is 6.26. The number of nitrogens with zero attached hydrogens (tertiary/aromatic N) is 2. The van der Waals surface area contributed by atoms with E-state index in [-0.39, 0.29) is 54.9 Å². The van der Waals surface area contributed by atoms with Gasteiger partial charge in [0.15, 0.2) is 0 Å². The summed E-state index contributed by atoms with van der Waals surface area (Å²) in [7, 11) is 3.88. The first-order valence-corrected chi connectivity index (χ1v) is 10.5. The fourth-order valence-electron chi connectivity index (χ4n) is 4.48. The second-order valence-electron chi connectivity index (χ2n) is 8.45. The molecule has 9 heteroatoms. The molecule has 5 unspecified atom stereocenters. The second-order valence-corrected chi connectivity index (χ2v) is 8.45. The molecule has 3 heterocycles. The highest BCUT2D eigenvalue weighted by Crippen LogP contribution is 2.44. The van der Waals surface area contributed by atoms with Gasteiger partial charge in [0.05, 0.1) is 24.0 Å². The van der Waals surface area contributed by atoms with E-state index in [4.69, 9.17) is 4.74 Å². The summed E-state index contributed by atoms with van der Waals surface area (Å²) >= 11 is 0. The van der Waals surface area contributed by atoms with Gasteiger partial charge in [0.2, 0.25) is 11.8 Å². The van der Waals surface area contributed by atoms with Crippen molar-refractivity contribution in [2.45, 2.75) is 24.7 Å². The van der Waals surface area contributed by atoms with Crippen molar-refractivity contribution >= 4 is 17.8 Å². The Morgan fingerprint density at radius 1 is 1.10 bits per heavy atom. The van der Waals surface area contributed by atoms with E-state index in [0.717, 1.165) is 5.56 Å². The first-order chi connectivity index (χ1) is 14.8. The Hall–Kier alpha value is -2.91. The summed E-state index contributed by atoms with van der Waals surface area (Å²) in [6, 6.07) is 6.73. The lowest BCUT2D eigenvalue weighted by Gasteiger charge is -2.25. The summed E-state index contributed by atoms with van der Waals surface area (Å²) in [6.45, 7) is 0.775. The molecule has 3 aliphatic rings. The van der Waals surface area contributed by atoms with Crippen molar-refractivity contribution in [3.8, 4) is 5.75 Å². The molecule has 0 spiro atoms. The van der Waals surface area contributed by atoms with Gasteiger partial charge in [-0.25, -0.2) is 4.79 Å². The molecular formula is C22H28N4O5. The Labute approximate surface area is 181 Å². The summed E-state index contributed by atoms with van der Waals surface area (Å²) in [6.07, 6.45) is 3.82. The minimum Gasteiger partial charge on any atom is -0.508 e. The van der Waals surface area contributed by atoms with Gasteiger partial charge < -0.3 is 25.4 Å². The van der Waals surface area contributed by atoms with Gasteiger partial charge in [-0.15, -0.1) is 0 Å². The Morgan fingerprint density at radius 3 is 2.29 bits per heavy atom. The zero-order chi connectivity index (χ0) is 22.1. The van der Waals surface area contributed by atoms with Crippen LogP contribution in [0.5, 0.6) is 5.75 Å². The molecular weight excluding hydrogens is 400 g/mol. The highest BCUT2D eigenvalue weighted by Gasteiger charge is 2.60. The molecule has 1 aromatic carbocycles. The fourth-order valence-corrected chi connectivity index (χ4v) is 4.48. The molecule has 166 valence electrons. The maximum Gasteiger partial charge on any atom is 0.314 e. The van der Waals surface area contributed by atoms with Crippen LogP contribution in [0, 0.1) is 11.8 Å². The Bertz CT molecular complexity index is 854. The Balaban J connectivity index is 1.21. The van der Waals surface area contributed by atoms with Crippen LogP contribution in [0.2, 0.25) is 0 Å². The van der Waals surface area contributed by atoms with Crippen molar-refractivity contribution in [1.82, 2.24) is 20.4 Å². The normalized spacial score (nSPS) is 27.1. The number of amides is 4. The van der Waals surface area contributed by atoms with Gasteiger partial charge in [-0.3, -0.25) is 14.5 Å². The number of benzene rings is 1. The molecule has 4 amide bonds. The van der Waals surface area contributed by atoms with Gasteiger partial charge in [0.25, 0.3) is 0 Å². The van der Waals surface area contributed by atoms with Crippen LogP contribution in [0.15, 0.2) is 36.4 Å². The number of urea groups is 1. The largest absolute Gasteiger partial charge is 0.508 e. The minimum atomic E-state index is -0.419. The number of phenolic OH excluding ortho intramolecular Hbond substituents is 1. The lowest BCUT2D eigenvalue weighted by molar-refractivity contribution is -0.142. The number of likely N-dealkylation sites (tertiary alicyclic amines) is 1. The molecule has 31 heavy (non-hydrogen) atoms. The first-order valence-electron chi connectivity index (χ1n) is 10.5. The highest BCUT2D eigenvalue weighted by molar-refractivity contribution is 6.06. The van der Waals surface area contributed by atoms with Crippen molar-refractivity contribution < 1.29 is 24.2 Å². The van der Waals surface area contributed by atoms with Crippen LogP contribution < -0.4 is 10.6 Å². The smallest absolute Gasteiger partial charge is 0.314 e. The topological polar surface area (TPSA) is 111 Å². The lowest BCUT2D eigenvalue weighted by Crippen LogP contribution is -2.47. The van der Waals surface area contributed by atoms with Gasteiger partial charge in [0, 0.05) is 25.7 Å². The number of phenols is 1. The number of carbonyl (C=O) groups excluding carboxylic acids is 3. The third-order valence-electron chi connectivity index (χ3n) is 6.26. The van der Waals surface area contributed by atoms with E-state index < -0.39 is 11.8 Å². The monoisotopic (exact) mass is 428 g/mol. The molecule has 2 fully saturated rings. The summed E-state index contributed by atoms with van der Waals surface area (Å²) in [4.78, 5) is 40.7. The van der Waals surface area contributed by atoms with Crippen molar-refractivity contribution in [3.63, 3.8) is 0 Å². The zero-order valence-corrected chi connectivity index (χ0v) is 17.7. The second kappa shape index (κ2) is 8.68. The molecule has 3 aliphatic heterocycles. The number of carbonyl (C=O) groups is 3. The van der Waals surface area contributed by atoms with Crippen LogP contribution in [0.3, 0.4) is 0 Å². The van der Waals surface area contributed by atoms with E-state index in [0.29, 0.717) is 13.0 Å². The molecule has 0 aliphatic carbocycles. The predicted octanol–water partition coefficient (Wildman–Crippen LogP) is 0.103. The van der Waals surface area contributed by atoms with E-state index in [9.17, 15) is 19.5 Å². The molecule has 9 nitrogen and oxygen atoms in total. The SMILES string of the molecule is CN(C)C(CNC(=O)NCCN1C(=O)C2C3C=CC(O3)C2C1=O)Cc1ccc(O)cc1. The van der Waals surface area contributed by atoms with Gasteiger partial charge in [0.1, 0.15) is 5.75 Å². The van der Waals surface area contributed by atoms with E-state index >= 15 is 0 Å². The molecule has 2 saturated heterocycles. The van der Waals surface area contributed by atoms with E-state index in [1.807, 2.05) is 43.3 Å². The van der Waals surface area contributed by atoms with Crippen LogP contribution >= 0.6 is 0 Å². The minimum absolute atomic E-state index is 0.0689. The third kappa shape index (κ3) is 4.28. The van der Waals surface area contributed by atoms with Gasteiger partial charge in [-0.1, -0.05) is 24.3 Å². The van der Waals surface area contributed by atoms with Crippen molar-refractivity contribution in [2.24, 2.45) is 11.8 Å². The zero-order valence-electron chi connectivity index (χ0n) is 17.7. The first kappa shape index (κ1) is 21.3. The van der Waals surface area contributed by atoms with Crippen LogP contribution in [-0.4, -0.2) is 84.7 Å². The number of likely N-dealkylation sites (N-methyl/N-ethyl adjacent to an activating group) is 1. The van der Waals surface area contributed by atoms with E-state index in [2.05, 4.69) is 10.6 Å². The maximum atomic E-state index is 12.6. The molecule has 1 aromatic rings. The maximum absolute atomic E-state index is 12.6. The number of rotatable bonds is 8. The number of ether oxygens (including phenoxy) is 1. The van der Waals surface area contributed by atoms with Crippen LogP contribution in [0.25, 0.3) is 0 Å². The predicted molar refractivity (Wildman–Crippen MR) is 112 cm³/mol. The average molecular weight is 428 g/mol. The lowest BCUT2D eigenvalue weighted by atomic mass is 9.85. The summed E-state index contributed by atoms with van der Waals surface area (Å²) in [5, 5.41) is 15.0. The van der Waals surface area contributed by atoms with Gasteiger partial charge in [-0.2, -0.15) is 0 Å². The van der Waals surface area contributed by atoms with Crippen molar-refractivity contribution in [2.75, 3.05) is 33.7 Å². The number of imide groups is 1. The van der Waals surface area contributed by atoms with Gasteiger partial charge in [-0.05, 0) is 38.2 Å². The number of hydrogen-bond donors (Lipinski definition) is 3. The number of nitrogens with one attached hydrogen (secondary N) is 2. The summed E-state index contributed by atoms with van der Waals surface area (Å²) in [5.41, 5.74) is 1.06. The Kier molecular flexibility index (Phi) is 5.97. The molecule has 3 N–H and O–H groups in total. The number of fused-ring (bicyclic) bond motifs is 5. The number of aromatic hydroxyl groups is 1. The summed E-state index contributed by atoms with van der Waals surface area (Å²) < 4.78 is 5.62. The summed E-state index contributed by atoms with van der Waals surface area (Å²) in [5.74, 6) is -1.04. The average Bonchev–Trinajstić information content (AvgIpc) is 3.42. The van der Waals surface area contributed by atoms with Crippen molar-refractivity contribution in [3.05, 3.63) is 42.0 Å². The molecule has 0 aromatic heterocycles. The fraction of sp³-hybridized carbons (Fsp3) is 0.500. The molecule has 0 saturated carbocycles. The standard InChI is InChI=1S/C22H28N4O5/c1-25(2)14(11-13-3-5-15(27)6-4-13)12-24-22(30)23-9-10-26-20(28)18-16-7-8-17(31-16)19(18)21(26)29/h3-8,14,16-19,27H,9-12H2,1-2H3,(H2,23,24,30). The van der Waals surface area contributed by atoms with E-state index in [1.165, 1.54) is 4.90 Å². The van der Waals surface area contributed by atoms with Crippen LogP contribution in [-0.2, 0) is 20.7 Å². The number of hydrogen-bond acceptors (Lipinski definition) is 6. The van der Waals surface area contributed by atoms with Crippen molar-refractivity contribution in [1.29, 1.82) is 0 Å². The Morgan fingerprint density at radius 2 is 1.71 bits per heavy atom. The van der Waals surface area contributed by atoms with Crippen LogP contribution in [0.1, 0.15) is 5.56 Å². The van der Waals surface area contributed by atoms with Gasteiger partial charge >= 0.3 is 6.03 Å². The molecule has 0 radical (unpaired) electrons. The highest BCUT2D eigenvalue weighted by atomic mass is 16.5. The van der Waals surface area contributed by atoms with E-state index in [1.54, 1.807) is 12.1 Å². The van der Waals surface area contributed by atoms with Crippen LogP contribution in [0.4, 0.5) is 4.79 Å². The molecule has 5 atom stereocenters. The quantitative estimate of drug-likeness (QED) is 0.400. The molecule has 4 rings (SSSR count).